The maximum Gasteiger partial charge on any atom is 0.257 e. The van der Waals surface area contributed by atoms with Crippen LogP contribution in [0.15, 0.2) is 12.4 Å². The van der Waals surface area contributed by atoms with Gasteiger partial charge < -0.3 is 14.5 Å². The van der Waals surface area contributed by atoms with E-state index in [9.17, 15) is 9.59 Å². The predicted molar refractivity (Wildman–Crippen MR) is 70.0 cm³/mol. The van der Waals surface area contributed by atoms with Gasteiger partial charge in [0, 0.05) is 32.9 Å². The summed E-state index contributed by atoms with van der Waals surface area (Å²) >= 11 is 0. The lowest BCUT2D eigenvalue weighted by atomic mass is 9.89. The minimum Gasteiger partial charge on any atom is -0.363 e. The molecule has 2 aliphatic heterocycles. The van der Waals surface area contributed by atoms with E-state index >= 15 is 0 Å². The predicted octanol–water partition coefficient (Wildman–Crippen LogP) is -0.127. The first-order chi connectivity index (χ1) is 9.60. The molecule has 0 aliphatic carbocycles. The first-order valence-electron chi connectivity index (χ1n) is 6.76. The van der Waals surface area contributed by atoms with Gasteiger partial charge in [0.25, 0.3) is 5.91 Å². The third kappa shape index (κ3) is 2.29. The summed E-state index contributed by atoms with van der Waals surface area (Å²) in [6, 6.07) is 0. The number of rotatable bonds is 1. The van der Waals surface area contributed by atoms with Gasteiger partial charge in [-0.3, -0.25) is 14.7 Å². The number of H-pyrrole nitrogens is 1. The molecule has 2 saturated heterocycles. The molecule has 2 aliphatic rings. The van der Waals surface area contributed by atoms with E-state index in [1.165, 1.54) is 6.20 Å². The number of likely N-dealkylation sites (N-methyl/N-ethyl adjacent to an activating group) is 1. The zero-order valence-electron chi connectivity index (χ0n) is 11.5. The summed E-state index contributed by atoms with van der Waals surface area (Å²) in [5.74, 6) is 0.0152. The molecule has 7 nitrogen and oxygen atoms in total. The number of hydrogen-bond donors (Lipinski definition) is 1. The topological polar surface area (TPSA) is 78.5 Å². The summed E-state index contributed by atoms with van der Waals surface area (Å²) in [4.78, 5) is 27.2. The Hall–Kier alpha value is -1.89. The van der Waals surface area contributed by atoms with Crippen molar-refractivity contribution in [3.63, 3.8) is 0 Å². The highest BCUT2D eigenvalue weighted by atomic mass is 16.5. The van der Waals surface area contributed by atoms with Gasteiger partial charge in [-0.1, -0.05) is 0 Å². The van der Waals surface area contributed by atoms with Crippen molar-refractivity contribution in [2.45, 2.75) is 18.4 Å². The van der Waals surface area contributed by atoms with Crippen LogP contribution in [-0.4, -0.2) is 70.7 Å². The molecular weight excluding hydrogens is 260 g/mol. The highest BCUT2D eigenvalue weighted by Gasteiger charge is 2.42. The summed E-state index contributed by atoms with van der Waals surface area (Å²) in [6.45, 7) is 2.05. The number of likely N-dealkylation sites (tertiary alicyclic amines) is 1. The zero-order valence-corrected chi connectivity index (χ0v) is 11.5. The fourth-order valence-corrected chi connectivity index (χ4v) is 2.86. The van der Waals surface area contributed by atoms with Gasteiger partial charge in [0.05, 0.1) is 17.4 Å². The quantitative estimate of drug-likeness (QED) is 0.776. The van der Waals surface area contributed by atoms with Gasteiger partial charge in [0.15, 0.2) is 0 Å². The average molecular weight is 278 g/mol. The number of nitrogens with zero attached hydrogens (tertiary/aromatic N) is 3. The molecule has 0 radical (unpaired) electrons. The number of aromatic nitrogens is 2. The standard InChI is InChI=1S/C13H18N4O3/c1-16-9-13(20-8-11(16)18)2-4-17(5-3-13)12(19)10-6-14-15-7-10/h6-7H,2-5,8-9H2,1H3,(H,14,15). The second kappa shape index (κ2) is 4.90. The normalized spacial score (nSPS) is 22.4. The summed E-state index contributed by atoms with van der Waals surface area (Å²) in [7, 11) is 1.80. The summed E-state index contributed by atoms with van der Waals surface area (Å²) in [5.41, 5.74) is 0.299. The van der Waals surface area contributed by atoms with Crippen molar-refractivity contribution in [3.05, 3.63) is 18.0 Å². The molecule has 0 unspecified atom stereocenters. The minimum atomic E-state index is -0.282. The molecule has 1 N–H and O–H groups in total. The SMILES string of the molecule is CN1CC2(CCN(C(=O)c3cn[nH]c3)CC2)OCC1=O. The number of hydrogen-bond acceptors (Lipinski definition) is 4. The first kappa shape index (κ1) is 13.1. The number of piperidine rings is 1. The fraction of sp³-hybridized carbons (Fsp3) is 0.615. The summed E-state index contributed by atoms with van der Waals surface area (Å²) in [6.07, 6.45) is 4.66. The van der Waals surface area contributed by atoms with Crippen LogP contribution in [0, 0.1) is 0 Å². The highest BCUT2D eigenvalue weighted by molar-refractivity contribution is 5.93. The molecule has 108 valence electrons. The van der Waals surface area contributed by atoms with Crippen LogP contribution in [0.5, 0.6) is 0 Å². The smallest absolute Gasteiger partial charge is 0.257 e. The molecule has 7 heteroatoms. The van der Waals surface area contributed by atoms with Gasteiger partial charge in [0.2, 0.25) is 5.91 Å². The van der Waals surface area contributed by atoms with Crippen LogP contribution in [-0.2, 0) is 9.53 Å². The molecule has 0 aromatic carbocycles. The Balaban J connectivity index is 1.62. The number of carbonyl (C=O) groups is 2. The number of nitrogens with one attached hydrogen (secondary N) is 1. The molecule has 1 spiro atoms. The second-order valence-electron chi connectivity index (χ2n) is 5.50. The van der Waals surface area contributed by atoms with E-state index in [-0.39, 0.29) is 24.0 Å². The number of morpholine rings is 1. The molecule has 3 heterocycles. The Morgan fingerprint density at radius 2 is 2.20 bits per heavy atom. The molecule has 1 aromatic rings. The molecule has 3 rings (SSSR count). The Bertz CT molecular complexity index is 506. The lowest BCUT2D eigenvalue weighted by molar-refractivity contribution is -0.167. The molecule has 2 amide bonds. The Morgan fingerprint density at radius 1 is 1.45 bits per heavy atom. The molecule has 0 saturated carbocycles. The van der Waals surface area contributed by atoms with E-state index in [4.69, 9.17) is 4.74 Å². The third-order valence-corrected chi connectivity index (χ3v) is 4.16. The molecule has 1 aromatic heterocycles. The zero-order chi connectivity index (χ0) is 14.2. The van der Waals surface area contributed by atoms with E-state index < -0.39 is 0 Å². The maximum absolute atomic E-state index is 12.2. The molecule has 0 bridgehead atoms. The van der Waals surface area contributed by atoms with Gasteiger partial charge >= 0.3 is 0 Å². The average Bonchev–Trinajstić information content (AvgIpc) is 2.98. The van der Waals surface area contributed by atoms with Crippen LogP contribution >= 0.6 is 0 Å². The largest absolute Gasteiger partial charge is 0.363 e. The van der Waals surface area contributed by atoms with Crippen molar-refractivity contribution in [1.29, 1.82) is 0 Å². The van der Waals surface area contributed by atoms with Gasteiger partial charge in [-0.05, 0) is 12.8 Å². The minimum absolute atomic E-state index is 0.00570. The molecular formula is C13H18N4O3. The van der Waals surface area contributed by atoms with Crippen molar-refractivity contribution in [2.24, 2.45) is 0 Å². The number of aromatic amines is 1. The van der Waals surface area contributed by atoms with Crippen LogP contribution in [0.3, 0.4) is 0 Å². The molecule has 2 fully saturated rings. The lowest BCUT2D eigenvalue weighted by Crippen LogP contribution is -2.58. The Morgan fingerprint density at radius 3 is 2.80 bits per heavy atom. The van der Waals surface area contributed by atoms with Crippen LogP contribution in [0.2, 0.25) is 0 Å². The second-order valence-corrected chi connectivity index (χ2v) is 5.50. The number of ether oxygens (including phenoxy) is 1. The van der Waals surface area contributed by atoms with Crippen LogP contribution in [0.1, 0.15) is 23.2 Å². The monoisotopic (exact) mass is 278 g/mol. The molecule has 0 atom stereocenters. The van der Waals surface area contributed by atoms with Gasteiger partial charge in [-0.25, -0.2) is 0 Å². The van der Waals surface area contributed by atoms with Crippen molar-refractivity contribution in [1.82, 2.24) is 20.0 Å². The van der Waals surface area contributed by atoms with E-state index in [0.29, 0.717) is 25.2 Å². The number of amides is 2. The van der Waals surface area contributed by atoms with Crippen LogP contribution in [0.4, 0.5) is 0 Å². The van der Waals surface area contributed by atoms with E-state index in [1.807, 2.05) is 4.90 Å². The summed E-state index contributed by atoms with van der Waals surface area (Å²) < 4.78 is 5.76. The third-order valence-electron chi connectivity index (χ3n) is 4.16. The van der Waals surface area contributed by atoms with Gasteiger partial charge in [-0.15, -0.1) is 0 Å². The fourth-order valence-electron chi connectivity index (χ4n) is 2.86. The Kier molecular flexibility index (Phi) is 3.21. The van der Waals surface area contributed by atoms with Crippen molar-refractivity contribution in [2.75, 3.05) is 33.3 Å². The molecule has 20 heavy (non-hydrogen) atoms. The van der Waals surface area contributed by atoms with Crippen LogP contribution in [0.25, 0.3) is 0 Å². The van der Waals surface area contributed by atoms with Crippen LogP contribution < -0.4 is 0 Å². The maximum atomic E-state index is 12.2. The highest BCUT2D eigenvalue weighted by Crippen LogP contribution is 2.30. The van der Waals surface area contributed by atoms with E-state index in [2.05, 4.69) is 10.2 Å². The number of carbonyl (C=O) groups excluding carboxylic acids is 2. The van der Waals surface area contributed by atoms with Gasteiger partial charge in [0.1, 0.15) is 6.61 Å². The Labute approximate surface area is 116 Å². The van der Waals surface area contributed by atoms with Gasteiger partial charge in [-0.2, -0.15) is 5.10 Å². The first-order valence-corrected chi connectivity index (χ1v) is 6.76. The lowest BCUT2D eigenvalue weighted by Gasteiger charge is -2.46. The van der Waals surface area contributed by atoms with Crippen molar-refractivity contribution in [3.8, 4) is 0 Å². The van der Waals surface area contributed by atoms with E-state index in [0.717, 1.165) is 12.8 Å². The van der Waals surface area contributed by atoms with Crippen molar-refractivity contribution < 1.29 is 14.3 Å². The van der Waals surface area contributed by atoms with E-state index in [1.54, 1.807) is 18.1 Å². The summed E-state index contributed by atoms with van der Waals surface area (Å²) in [5, 5.41) is 6.45. The van der Waals surface area contributed by atoms with Crippen molar-refractivity contribution >= 4 is 11.8 Å².